The summed E-state index contributed by atoms with van der Waals surface area (Å²) in [6.07, 6.45) is -2.80. The van der Waals surface area contributed by atoms with Crippen molar-refractivity contribution in [3.8, 4) is 0 Å². The number of amides is 2. The zero-order chi connectivity index (χ0) is 22.2. The van der Waals surface area contributed by atoms with Crippen molar-refractivity contribution in [3.63, 3.8) is 0 Å². The Kier molecular flexibility index (Phi) is 5.38. The van der Waals surface area contributed by atoms with Crippen molar-refractivity contribution in [2.75, 3.05) is 0 Å². The van der Waals surface area contributed by atoms with Gasteiger partial charge >= 0.3 is 6.18 Å². The maximum absolute atomic E-state index is 12.5. The Labute approximate surface area is 175 Å². The van der Waals surface area contributed by atoms with Gasteiger partial charge in [-0.2, -0.15) is 13.2 Å². The molecule has 2 aromatic heterocycles. The molecule has 0 bridgehead atoms. The molecule has 1 saturated carbocycles. The number of hydrogen-bond donors (Lipinski definition) is 3. The highest BCUT2D eigenvalue weighted by Crippen LogP contribution is 2.46. The van der Waals surface area contributed by atoms with Crippen LogP contribution in [0.15, 0.2) is 42.6 Å². The minimum atomic E-state index is -4.51. The second-order valence-corrected chi connectivity index (χ2v) is 7.59. The van der Waals surface area contributed by atoms with E-state index in [1.165, 1.54) is 6.07 Å². The summed E-state index contributed by atoms with van der Waals surface area (Å²) in [7, 11) is 0. The van der Waals surface area contributed by atoms with Crippen LogP contribution in [0.1, 0.15) is 36.3 Å². The van der Waals surface area contributed by atoms with Crippen LogP contribution in [0.25, 0.3) is 11.0 Å². The van der Waals surface area contributed by atoms with E-state index in [1.807, 2.05) is 24.3 Å². The molecule has 1 aliphatic rings. The number of fused-ring (bicyclic) bond motifs is 1. The average Bonchev–Trinajstić information content (AvgIpc) is 3.43. The molecule has 0 saturated heterocycles. The first-order chi connectivity index (χ1) is 14.7. The molecule has 10 heteroatoms. The quantitative estimate of drug-likeness (QED) is 0.559. The van der Waals surface area contributed by atoms with Gasteiger partial charge in [-0.25, -0.2) is 4.98 Å². The molecule has 3 aromatic rings. The molecule has 31 heavy (non-hydrogen) atoms. The largest absolute Gasteiger partial charge is 0.433 e. The van der Waals surface area contributed by atoms with Gasteiger partial charge < -0.3 is 15.6 Å². The summed E-state index contributed by atoms with van der Waals surface area (Å²) in [5, 5.41) is 5.27. The molecular formula is C21H20F3N5O2. The summed E-state index contributed by atoms with van der Waals surface area (Å²) in [6, 6.07) is 8.94. The number of carbonyl (C=O) groups excluding carboxylic acids is 2. The normalized spacial score (nSPS) is 19.1. The number of halogens is 3. The molecule has 0 spiro atoms. The summed E-state index contributed by atoms with van der Waals surface area (Å²) >= 11 is 0. The van der Waals surface area contributed by atoms with Gasteiger partial charge in [-0.1, -0.05) is 18.2 Å². The summed E-state index contributed by atoms with van der Waals surface area (Å²) < 4.78 is 37.6. The van der Waals surface area contributed by atoms with E-state index >= 15 is 0 Å². The SMILES string of the molecule is C[C@@H](NC(=O)[C@H]1C[C@@H]1c1nc2ccccc2[nH]1)C(=O)NCc1ccc(C(F)(F)F)nc1. The molecule has 7 nitrogen and oxygen atoms in total. The number of nitrogens with one attached hydrogen (secondary N) is 3. The number of aromatic nitrogens is 3. The molecule has 4 rings (SSSR count). The van der Waals surface area contributed by atoms with Crippen LogP contribution in [0.5, 0.6) is 0 Å². The third kappa shape index (κ3) is 4.68. The van der Waals surface area contributed by atoms with Gasteiger partial charge in [-0.3, -0.25) is 14.6 Å². The van der Waals surface area contributed by atoms with Gasteiger partial charge in [0.15, 0.2) is 0 Å². The number of nitrogens with zero attached hydrogens (tertiary/aromatic N) is 2. The fourth-order valence-corrected chi connectivity index (χ4v) is 3.36. The van der Waals surface area contributed by atoms with Gasteiger partial charge in [0, 0.05) is 24.6 Å². The van der Waals surface area contributed by atoms with Gasteiger partial charge in [0.05, 0.1) is 11.0 Å². The van der Waals surface area contributed by atoms with E-state index in [0.717, 1.165) is 29.1 Å². The van der Waals surface area contributed by atoms with E-state index in [9.17, 15) is 22.8 Å². The van der Waals surface area contributed by atoms with E-state index in [-0.39, 0.29) is 24.3 Å². The van der Waals surface area contributed by atoms with Crippen molar-refractivity contribution in [1.82, 2.24) is 25.6 Å². The van der Waals surface area contributed by atoms with Crippen LogP contribution in [0.3, 0.4) is 0 Å². The first-order valence-electron chi connectivity index (χ1n) is 9.77. The second kappa shape index (κ2) is 8.01. The van der Waals surface area contributed by atoms with Crippen molar-refractivity contribution in [1.29, 1.82) is 0 Å². The van der Waals surface area contributed by atoms with Crippen LogP contribution in [0, 0.1) is 5.92 Å². The molecule has 162 valence electrons. The molecule has 0 aliphatic heterocycles. The maximum Gasteiger partial charge on any atom is 0.433 e. The Morgan fingerprint density at radius 3 is 2.68 bits per heavy atom. The zero-order valence-corrected chi connectivity index (χ0v) is 16.5. The van der Waals surface area contributed by atoms with Crippen LogP contribution in [0.2, 0.25) is 0 Å². The summed E-state index contributed by atoms with van der Waals surface area (Å²) in [4.78, 5) is 35.8. The van der Waals surface area contributed by atoms with Gasteiger partial charge in [0.2, 0.25) is 11.8 Å². The van der Waals surface area contributed by atoms with Crippen molar-refractivity contribution >= 4 is 22.8 Å². The lowest BCUT2D eigenvalue weighted by atomic mass is 10.2. The van der Waals surface area contributed by atoms with Gasteiger partial charge in [-0.05, 0) is 37.1 Å². The summed E-state index contributed by atoms with van der Waals surface area (Å²) in [5.41, 5.74) is 1.18. The first kappa shape index (κ1) is 20.8. The molecule has 3 atom stereocenters. The summed E-state index contributed by atoms with van der Waals surface area (Å²) in [5.74, 6) is -0.178. The topological polar surface area (TPSA) is 99.8 Å². The minimum absolute atomic E-state index is 0.00915. The van der Waals surface area contributed by atoms with Crippen molar-refractivity contribution in [2.24, 2.45) is 5.92 Å². The number of hydrogen-bond acceptors (Lipinski definition) is 4. The Bertz CT molecular complexity index is 1080. The number of imidazole rings is 1. The number of aromatic amines is 1. The molecule has 3 N–H and O–H groups in total. The highest BCUT2D eigenvalue weighted by molar-refractivity contribution is 5.90. The number of alkyl halides is 3. The average molecular weight is 431 g/mol. The number of H-pyrrole nitrogens is 1. The number of pyridine rings is 1. The van der Waals surface area contributed by atoms with Crippen molar-refractivity contribution in [3.05, 3.63) is 59.7 Å². The summed E-state index contributed by atoms with van der Waals surface area (Å²) in [6.45, 7) is 1.56. The molecule has 1 aromatic carbocycles. The van der Waals surface area contributed by atoms with Gasteiger partial charge in [-0.15, -0.1) is 0 Å². The predicted octanol–water partition coefficient (Wildman–Crippen LogP) is 2.90. The van der Waals surface area contributed by atoms with E-state index in [1.54, 1.807) is 6.92 Å². The van der Waals surface area contributed by atoms with Crippen molar-refractivity contribution < 1.29 is 22.8 Å². The molecular weight excluding hydrogens is 411 g/mol. The highest BCUT2D eigenvalue weighted by atomic mass is 19.4. The lowest BCUT2D eigenvalue weighted by Crippen LogP contribution is -2.45. The molecule has 0 radical (unpaired) electrons. The molecule has 2 amide bonds. The Balaban J connectivity index is 1.26. The number of benzene rings is 1. The lowest BCUT2D eigenvalue weighted by molar-refractivity contribution is -0.141. The Morgan fingerprint density at radius 2 is 2.00 bits per heavy atom. The highest BCUT2D eigenvalue weighted by Gasteiger charge is 2.46. The Hall–Kier alpha value is -3.43. The fourth-order valence-electron chi connectivity index (χ4n) is 3.36. The third-order valence-electron chi connectivity index (χ3n) is 5.22. The second-order valence-electron chi connectivity index (χ2n) is 7.59. The third-order valence-corrected chi connectivity index (χ3v) is 5.22. The van der Waals surface area contributed by atoms with Crippen LogP contribution in [-0.4, -0.2) is 32.8 Å². The molecule has 2 heterocycles. The lowest BCUT2D eigenvalue weighted by Gasteiger charge is -2.14. The Morgan fingerprint density at radius 1 is 1.23 bits per heavy atom. The molecule has 1 fully saturated rings. The van der Waals surface area contributed by atoms with Crippen LogP contribution < -0.4 is 10.6 Å². The van der Waals surface area contributed by atoms with Gasteiger partial charge in [0.1, 0.15) is 17.6 Å². The number of carbonyl (C=O) groups is 2. The number of para-hydroxylation sites is 2. The zero-order valence-electron chi connectivity index (χ0n) is 16.5. The standard InChI is InChI=1S/C21H20F3N5O2/c1-11(19(30)26-10-12-6-7-17(25-9-12)21(22,23)24)27-20(31)14-8-13(14)18-28-15-4-2-3-5-16(15)29-18/h2-7,9,11,13-14H,8,10H2,1H3,(H,26,30)(H,27,31)(H,28,29)/t11-,13+,14+/m1/s1. The monoisotopic (exact) mass is 431 g/mol. The van der Waals surface area contributed by atoms with Gasteiger partial charge in [0.25, 0.3) is 0 Å². The van der Waals surface area contributed by atoms with Crippen LogP contribution in [0.4, 0.5) is 13.2 Å². The van der Waals surface area contributed by atoms with Crippen LogP contribution in [-0.2, 0) is 22.3 Å². The van der Waals surface area contributed by atoms with E-state index in [4.69, 9.17) is 0 Å². The van der Waals surface area contributed by atoms with E-state index in [2.05, 4.69) is 25.6 Å². The van der Waals surface area contributed by atoms with Crippen LogP contribution >= 0.6 is 0 Å². The van der Waals surface area contributed by atoms with E-state index < -0.39 is 23.8 Å². The predicted molar refractivity (Wildman–Crippen MR) is 106 cm³/mol. The van der Waals surface area contributed by atoms with E-state index in [0.29, 0.717) is 12.0 Å². The smallest absolute Gasteiger partial charge is 0.350 e. The minimum Gasteiger partial charge on any atom is -0.350 e. The number of rotatable bonds is 6. The maximum atomic E-state index is 12.5. The molecule has 0 unspecified atom stereocenters. The first-order valence-corrected chi connectivity index (χ1v) is 9.77. The van der Waals surface area contributed by atoms with Crippen molar-refractivity contribution in [2.45, 2.75) is 38.0 Å². The molecule has 1 aliphatic carbocycles. The fraction of sp³-hybridized carbons (Fsp3) is 0.333.